The highest BCUT2D eigenvalue weighted by molar-refractivity contribution is 6.42. The van der Waals surface area contributed by atoms with E-state index >= 15 is 0 Å². The van der Waals surface area contributed by atoms with Gasteiger partial charge in [0.15, 0.2) is 0 Å². The Labute approximate surface area is 203 Å². The predicted octanol–water partition coefficient (Wildman–Crippen LogP) is 6.56. The van der Waals surface area contributed by atoms with Gasteiger partial charge in [0.1, 0.15) is 6.04 Å². The van der Waals surface area contributed by atoms with Crippen LogP contribution in [0.15, 0.2) is 36.4 Å². The van der Waals surface area contributed by atoms with Crippen molar-refractivity contribution in [2.75, 3.05) is 0 Å². The maximum atomic E-state index is 13.4. The van der Waals surface area contributed by atoms with E-state index in [1.807, 2.05) is 27.7 Å². The van der Waals surface area contributed by atoms with E-state index in [0.29, 0.717) is 37.6 Å². The van der Waals surface area contributed by atoms with Crippen molar-refractivity contribution in [2.45, 2.75) is 58.7 Å². The molecule has 0 aromatic heterocycles. The van der Waals surface area contributed by atoms with Gasteiger partial charge in [0.05, 0.1) is 16.5 Å². The second kappa shape index (κ2) is 10.9. The fourth-order valence-electron chi connectivity index (χ4n) is 3.15. The monoisotopic (exact) mass is 502 g/mol. The van der Waals surface area contributed by atoms with Gasteiger partial charge in [-0.05, 0) is 57.0 Å². The van der Waals surface area contributed by atoms with Gasteiger partial charge in [-0.25, -0.2) is 0 Å². The summed E-state index contributed by atoms with van der Waals surface area (Å²) < 4.78 is 0. The maximum absolute atomic E-state index is 13.4. The summed E-state index contributed by atoms with van der Waals surface area (Å²) >= 11 is 24.8. The molecule has 4 nitrogen and oxygen atoms in total. The van der Waals surface area contributed by atoms with Gasteiger partial charge in [-0.15, -0.1) is 0 Å². The van der Waals surface area contributed by atoms with Crippen molar-refractivity contribution in [1.82, 2.24) is 10.2 Å². The van der Waals surface area contributed by atoms with Crippen molar-refractivity contribution in [3.63, 3.8) is 0 Å². The summed E-state index contributed by atoms with van der Waals surface area (Å²) in [5.41, 5.74) is 0.849. The number of nitrogens with one attached hydrogen (secondary N) is 1. The molecule has 0 fully saturated rings. The smallest absolute Gasteiger partial charge is 0.243 e. The fraction of sp³-hybridized carbons (Fsp3) is 0.391. The molecule has 31 heavy (non-hydrogen) atoms. The van der Waals surface area contributed by atoms with E-state index in [0.717, 1.165) is 0 Å². The van der Waals surface area contributed by atoms with Gasteiger partial charge < -0.3 is 10.2 Å². The largest absolute Gasteiger partial charge is 0.350 e. The molecule has 2 aromatic rings. The molecule has 0 aliphatic heterocycles. The van der Waals surface area contributed by atoms with Crippen LogP contribution in [0.25, 0.3) is 0 Å². The molecule has 0 spiro atoms. The molecule has 2 rings (SSSR count). The van der Waals surface area contributed by atoms with Crippen molar-refractivity contribution >= 4 is 58.2 Å². The van der Waals surface area contributed by atoms with E-state index in [-0.39, 0.29) is 24.8 Å². The lowest BCUT2D eigenvalue weighted by Gasteiger charge is -2.33. The zero-order valence-electron chi connectivity index (χ0n) is 17.9. The first-order valence-electron chi connectivity index (χ1n) is 9.91. The zero-order valence-corrected chi connectivity index (χ0v) is 21.0. The molecule has 0 aliphatic carbocycles. The SMILES string of the molecule is CC[C@H](C(=O)NC(C)(C)C)N(Cc1c(Cl)cccc1Cl)C(=O)Cc1ccc(Cl)c(Cl)c1. The van der Waals surface area contributed by atoms with Gasteiger partial charge in [-0.2, -0.15) is 0 Å². The lowest BCUT2D eigenvalue weighted by Crippen LogP contribution is -2.53. The summed E-state index contributed by atoms with van der Waals surface area (Å²) in [7, 11) is 0. The summed E-state index contributed by atoms with van der Waals surface area (Å²) in [5.74, 6) is -0.481. The van der Waals surface area contributed by atoms with Gasteiger partial charge in [-0.1, -0.05) is 65.5 Å². The molecule has 0 saturated heterocycles. The Morgan fingerprint density at radius 1 is 0.968 bits per heavy atom. The van der Waals surface area contributed by atoms with Gasteiger partial charge in [0, 0.05) is 27.7 Å². The van der Waals surface area contributed by atoms with E-state index in [1.165, 1.54) is 4.90 Å². The fourth-order valence-corrected chi connectivity index (χ4v) is 3.99. The number of halogens is 4. The minimum absolute atomic E-state index is 0.0538. The Hall–Kier alpha value is -1.46. The summed E-state index contributed by atoms with van der Waals surface area (Å²) in [5, 5.41) is 4.61. The van der Waals surface area contributed by atoms with Crippen LogP contribution in [0.2, 0.25) is 20.1 Å². The number of rotatable bonds is 7. The summed E-state index contributed by atoms with van der Waals surface area (Å²) in [6.45, 7) is 7.65. The van der Waals surface area contributed by atoms with Crippen molar-refractivity contribution in [1.29, 1.82) is 0 Å². The number of carbonyl (C=O) groups excluding carboxylic acids is 2. The Morgan fingerprint density at radius 3 is 2.10 bits per heavy atom. The highest BCUT2D eigenvalue weighted by atomic mass is 35.5. The summed E-state index contributed by atoms with van der Waals surface area (Å²) in [6, 6.07) is 9.50. The summed E-state index contributed by atoms with van der Waals surface area (Å²) in [6.07, 6.45) is 0.482. The first-order chi connectivity index (χ1) is 14.4. The van der Waals surface area contributed by atoms with Gasteiger partial charge in [0.25, 0.3) is 0 Å². The Morgan fingerprint density at radius 2 is 1.58 bits per heavy atom. The van der Waals surface area contributed by atoms with E-state index in [1.54, 1.807) is 36.4 Å². The molecule has 0 radical (unpaired) electrons. The lowest BCUT2D eigenvalue weighted by molar-refractivity contribution is -0.141. The molecule has 0 bridgehead atoms. The molecule has 168 valence electrons. The average Bonchev–Trinajstić information content (AvgIpc) is 2.65. The molecule has 8 heteroatoms. The second-order valence-electron chi connectivity index (χ2n) is 8.31. The van der Waals surface area contributed by atoms with Crippen LogP contribution in [-0.4, -0.2) is 28.3 Å². The highest BCUT2D eigenvalue weighted by Gasteiger charge is 2.31. The van der Waals surface area contributed by atoms with Crippen LogP contribution in [0.3, 0.4) is 0 Å². The number of nitrogens with zero attached hydrogens (tertiary/aromatic N) is 1. The normalized spacial score (nSPS) is 12.4. The topological polar surface area (TPSA) is 49.4 Å². The van der Waals surface area contributed by atoms with E-state index in [4.69, 9.17) is 46.4 Å². The molecule has 0 unspecified atom stereocenters. The minimum atomic E-state index is -0.693. The van der Waals surface area contributed by atoms with Gasteiger partial charge in [-0.3, -0.25) is 9.59 Å². The average molecular weight is 504 g/mol. The van der Waals surface area contributed by atoms with Gasteiger partial charge in [0.2, 0.25) is 11.8 Å². The third-order valence-electron chi connectivity index (χ3n) is 4.61. The third kappa shape index (κ3) is 7.28. The molecule has 0 heterocycles. The summed E-state index contributed by atoms with van der Waals surface area (Å²) in [4.78, 5) is 28.0. The van der Waals surface area contributed by atoms with Crippen LogP contribution in [0, 0.1) is 0 Å². The van der Waals surface area contributed by atoms with Crippen LogP contribution in [0.5, 0.6) is 0 Å². The van der Waals surface area contributed by atoms with Crippen molar-refractivity contribution in [2.24, 2.45) is 0 Å². The van der Waals surface area contributed by atoms with Gasteiger partial charge >= 0.3 is 0 Å². The Kier molecular flexibility index (Phi) is 9.08. The standard InChI is InChI=1S/C23H26Cl4N2O2/c1-5-20(22(31)28-23(2,3)4)29(13-15-16(24)7-6-8-17(15)25)21(30)12-14-9-10-18(26)19(27)11-14/h6-11,20H,5,12-13H2,1-4H3,(H,28,31)/t20-/m1/s1. The molecule has 0 saturated carbocycles. The van der Waals surface area contributed by atoms with Crippen LogP contribution >= 0.6 is 46.4 Å². The first kappa shape index (κ1) is 25.8. The molecule has 1 N–H and O–H groups in total. The quantitative estimate of drug-likeness (QED) is 0.464. The van der Waals surface area contributed by atoms with Crippen LogP contribution < -0.4 is 5.32 Å². The molecule has 0 aliphatic rings. The molecular formula is C23H26Cl4N2O2. The van der Waals surface area contributed by atoms with E-state index in [9.17, 15) is 9.59 Å². The number of hydrogen-bond acceptors (Lipinski definition) is 2. The molecule has 2 aromatic carbocycles. The highest BCUT2D eigenvalue weighted by Crippen LogP contribution is 2.28. The lowest BCUT2D eigenvalue weighted by atomic mass is 10.0. The number of amides is 2. The zero-order chi connectivity index (χ0) is 23.3. The number of hydrogen-bond donors (Lipinski definition) is 1. The minimum Gasteiger partial charge on any atom is -0.350 e. The van der Waals surface area contributed by atoms with Crippen LogP contribution in [0.1, 0.15) is 45.2 Å². The van der Waals surface area contributed by atoms with Crippen molar-refractivity contribution in [3.05, 3.63) is 67.6 Å². The first-order valence-corrected chi connectivity index (χ1v) is 11.4. The van der Waals surface area contributed by atoms with Crippen molar-refractivity contribution in [3.8, 4) is 0 Å². The Bertz CT molecular complexity index is 937. The second-order valence-corrected chi connectivity index (χ2v) is 9.94. The number of benzene rings is 2. The molecule has 2 amide bonds. The maximum Gasteiger partial charge on any atom is 0.243 e. The Balaban J connectivity index is 2.41. The predicted molar refractivity (Wildman–Crippen MR) is 129 cm³/mol. The third-order valence-corrected chi connectivity index (χ3v) is 6.06. The van der Waals surface area contributed by atoms with Crippen LogP contribution in [0.4, 0.5) is 0 Å². The number of carbonyl (C=O) groups is 2. The molecular weight excluding hydrogens is 478 g/mol. The van der Waals surface area contributed by atoms with Crippen LogP contribution in [-0.2, 0) is 22.6 Å². The molecule has 1 atom stereocenters. The van der Waals surface area contributed by atoms with Crippen molar-refractivity contribution < 1.29 is 9.59 Å². The van der Waals surface area contributed by atoms with E-state index in [2.05, 4.69) is 5.32 Å². The van der Waals surface area contributed by atoms with E-state index < -0.39 is 11.6 Å².